The van der Waals surface area contributed by atoms with E-state index in [1.54, 1.807) is 13.8 Å². The predicted molar refractivity (Wildman–Crippen MR) is 60.8 cm³/mol. The molecule has 4 heteroatoms. The Morgan fingerprint density at radius 3 is 2.71 bits per heavy atom. The van der Waals surface area contributed by atoms with Gasteiger partial charge in [0.1, 0.15) is 5.82 Å². The highest BCUT2D eigenvalue weighted by Gasteiger charge is 2.39. The number of hydrogen-bond donors (Lipinski definition) is 1. The molecule has 2 rings (SSSR count). The van der Waals surface area contributed by atoms with Crippen molar-refractivity contribution < 1.29 is 9.18 Å². The Hall–Kier alpha value is -0.650. The first kappa shape index (κ1) is 9.89. The number of anilines is 1. The van der Waals surface area contributed by atoms with E-state index in [-0.39, 0.29) is 11.7 Å². The molecule has 1 aromatic rings. The maximum absolute atomic E-state index is 13.4. The molecule has 0 atom stereocenters. The third-order valence-corrected chi connectivity index (χ3v) is 3.16. The number of fused-ring (bicyclic) bond motifs is 1. The molecule has 1 aliphatic rings. The monoisotopic (exact) mass is 305 g/mol. The minimum atomic E-state index is -0.628. The lowest BCUT2D eigenvalue weighted by Gasteiger charge is -2.14. The smallest absolute Gasteiger partial charge is 0.234 e. The molecule has 0 aromatic heterocycles. The highest BCUT2D eigenvalue weighted by atomic mass is 127. The molecular formula is C10H9FINO. The molecular weight excluding hydrogens is 296 g/mol. The topological polar surface area (TPSA) is 29.1 Å². The third-order valence-electron chi connectivity index (χ3n) is 2.53. The van der Waals surface area contributed by atoms with Gasteiger partial charge in [-0.25, -0.2) is 4.39 Å². The first-order chi connectivity index (χ1) is 6.43. The Balaban J connectivity index is 2.71. The summed E-state index contributed by atoms with van der Waals surface area (Å²) in [7, 11) is 0. The zero-order valence-electron chi connectivity index (χ0n) is 7.82. The molecule has 2 nitrogen and oxygen atoms in total. The van der Waals surface area contributed by atoms with Crippen LogP contribution in [0.15, 0.2) is 12.1 Å². The van der Waals surface area contributed by atoms with Gasteiger partial charge in [-0.2, -0.15) is 0 Å². The second kappa shape index (κ2) is 2.92. The Labute approximate surface area is 95.0 Å². The van der Waals surface area contributed by atoms with Gasteiger partial charge in [0, 0.05) is 3.57 Å². The molecule has 1 heterocycles. The van der Waals surface area contributed by atoms with Gasteiger partial charge in [-0.05, 0) is 54.1 Å². The van der Waals surface area contributed by atoms with Crippen molar-refractivity contribution in [2.24, 2.45) is 0 Å². The second-order valence-electron chi connectivity index (χ2n) is 3.89. The van der Waals surface area contributed by atoms with Crippen LogP contribution in [0.5, 0.6) is 0 Å². The average molecular weight is 305 g/mol. The second-order valence-corrected chi connectivity index (χ2v) is 5.13. The van der Waals surface area contributed by atoms with Gasteiger partial charge in [0.2, 0.25) is 5.91 Å². The van der Waals surface area contributed by atoms with Gasteiger partial charge >= 0.3 is 0 Å². The number of benzene rings is 1. The maximum Gasteiger partial charge on any atom is 0.234 e. The van der Waals surface area contributed by atoms with Crippen LogP contribution in [0, 0.1) is 9.39 Å². The van der Waals surface area contributed by atoms with Crippen LogP contribution < -0.4 is 5.32 Å². The summed E-state index contributed by atoms with van der Waals surface area (Å²) in [4.78, 5) is 11.5. The van der Waals surface area contributed by atoms with E-state index in [2.05, 4.69) is 5.32 Å². The molecule has 1 amide bonds. The number of hydrogen-bond acceptors (Lipinski definition) is 1. The van der Waals surface area contributed by atoms with Gasteiger partial charge < -0.3 is 5.32 Å². The van der Waals surface area contributed by atoms with Crippen molar-refractivity contribution in [3.05, 3.63) is 27.1 Å². The van der Waals surface area contributed by atoms with Crippen LogP contribution in [0.4, 0.5) is 10.1 Å². The lowest BCUT2D eigenvalue weighted by molar-refractivity contribution is -0.119. The number of carbonyl (C=O) groups is 1. The van der Waals surface area contributed by atoms with Gasteiger partial charge in [-0.3, -0.25) is 4.79 Å². The lowest BCUT2D eigenvalue weighted by Crippen LogP contribution is -2.26. The molecule has 1 N–H and O–H groups in total. The molecule has 0 fully saturated rings. The molecule has 0 saturated carbocycles. The molecule has 74 valence electrons. The van der Waals surface area contributed by atoms with E-state index in [4.69, 9.17) is 0 Å². The number of carbonyl (C=O) groups excluding carboxylic acids is 1. The van der Waals surface area contributed by atoms with Gasteiger partial charge in [-0.15, -0.1) is 0 Å². The Bertz CT molecular complexity index is 428. The number of amides is 1. The van der Waals surface area contributed by atoms with Crippen molar-refractivity contribution in [1.82, 2.24) is 0 Å². The molecule has 0 spiro atoms. The first-order valence-electron chi connectivity index (χ1n) is 4.24. The summed E-state index contributed by atoms with van der Waals surface area (Å²) < 4.78 is 14.3. The summed E-state index contributed by atoms with van der Waals surface area (Å²) in [5.41, 5.74) is 0.449. The summed E-state index contributed by atoms with van der Waals surface area (Å²) in [6.07, 6.45) is 0. The Kier molecular flexibility index (Phi) is 2.06. The molecule has 0 aliphatic carbocycles. The van der Waals surface area contributed by atoms with Gasteiger partial charge in [-0.1, -0.05) is 0 Å². The fourth-order valence-corrected chi connectivity index (χ4v) is 2.17. The van der Waals surface area contributed by atoms with Crippen molar-refractivity contribution >= 4 is 34.2 Å². The number of nitrogens with one attached hydrogen (secondary N) is 1. The quantitative estimate of drug-likeness (QED) is 0.734. The Morgan fingerprint density at radius 2 is 2.07 bits per heavy atom. The average Bonchev–Trinajstić information content (AvgIpc) is 2.28. The van der Waals surface area contributed by atoms with Crippen molar-refractivity contribution in [3.8, 4) is 0 Å². The van der Waals surface area contributed by atoms with Crippen LogP contribution in [-0.2, 0) is 10.2 Å². The zero-order valence-corrected chi connectivity index (χ0v) is 9.98. The van der Waals surface area contributed by atoms with Crippen molar-refractivity contribution in [2.45, 2.75) is 19.3 Å². The summed E-state index contributed by atoms with van der Waals surface area (Å²) in [6.45, 7) is 3.59. The summed E-state index contributed by atoms with van der Waals surface area (Å²) in [5.74, 6) is -0.501. The lowest BCUT2D eigenvalue weighted by atomic mass is 9.86. The third kappa shape index (κ3) is 1.24. The molecule has 1 aromatic carbocycles. The predicted octanol–water partition coefficient (Wildman–Crippen LogP) is 2.66. The minimum Gasteiger partial charge on any atom is -0.323 e. The van der Waals surface area contributed by atoms with Crippen LogP contribution in [0.2, 0.25) is 0 Å². The highest BCUT2D eigenvalue weighted by Crippen LogP contribution is 2.39. The number of halogens is 2. The van der Waals surface area contributed by atoms with Gasteiger partial charge in [0.15, 0.2) is 0 Å². The standard InChI is InChI=1S/C10H9FINO/c1-10(2)6-3-5(12)4-7(11)8(6)13-9(10)14/h3-4H,1-2H3,(H,13,14). The van der Waals surface area contributed by atoms with Crippen LogP contribution in [0.3, 0.4) is 0 Å². The van der Waals surface area contributed by atoms with Crippen LogP contribution in [-0.4, -0.2) is 5.91 Å². The maximum atomic E-state index is 13.4. The van der Waals surface area contributed by atoms with Crippen LogP contribution >= 0.6 is 22.6 Å². The van der Waals surface area contributed by atoms with E-state index < -0.39 is 5.41 Å². The summed E-state index contributed by atoms with van der Waals surface area (Å²) in [6, 6.07) is 3.26. The van der Waals surface area contributed by atoms with E-state index >= 15 is 0 Å². The summed E-state index contributed by atoms with van der Waals surface area (Å²) >= 11 is 2.04. The van der Waals surface area contributed by atoms with E-state index in [0.717, 1.165) is 9.13 Å². The van der Waals surface area contributed by atoms with Crippen LogP contribution in [0.25, 0.3) is 0 Å². The molecule has 0 radical (unpaired) electrons. The fraction of sp³-hybridized carbons (Fsp3) is 0.300. The molecule has 14 heavy (non-hydrogen) atoms. The van der Waals surface area contributed by atoms with E-state index in [1.165, 1.54) is 6.07 Å². The number of rotatable bonds is 0. The summed E-state index contributed by atoms with van der Waals surface area (Å²) in [5, 5.41) is 2.57. The first-order valence-corrected chi connectivity index (χ1v) is 5.32. The zero-order chi connectivity index (χ0) is 10.5. The molecule has 1 aliphatic heterocycles. The van der Waals surface area contributed by atoms with Gasteiger partial charge in [0.05, 0.1) is 11.1 Å². The molecule has 0 saturated heterocycles. The highest BCUT2D eigenvalue weighted by molar-refractivity contribution is 14.1. The van der Waals surface area contributed by atoms with Gasteiger partial charge in [0.25, 0.3) is 0 Å². The van der Waals surface area contributed by atoms with Crippen molar-refractivity contribution in [1.29, 1.82) is 0 Å². The fourth-order valence-electron chi connectivity index (χ4n) is 1.59. The normalized spacial score (nSPS) is 17.9. The van der Waals surface area contributed by atoms with E-state index in [9.17, 15) is 9.18 Å². The van der Waals surface area contributed by atoms with E-state index in [0.29, 0.717) is 5.69 Å². The van der Waals surface area contributed by atoms with Crippen molar-refractivity contribution in [3.63, 3.8) is 0 Å². The van der Waals surface area contributed by atoms with E-state index in [1.807, 2.05) is 28.7 Å². The molecule has 0 bridgehead atoms. The van der Waals surface area contributed by atoms with Crippen LogP contribution in [0.1, 0.15) is 19.4 Å². The van der Waals surface area contributed by atoms with Crippen molar-refractivity contribution in [2.75, 3.05) is 5.32 Å². The molecule has 0 unspecified atom stereocenters. The largest absolute Gasteiger partial charge is 0.323 e. The minimum absolute atomic E-state index is 0.145. The Morgan fingerprint density at radius 1 is 1.43 bits per heavy atom. The SMILES string of the molecule is CC1(C)C(=O)Nc2c(F)cc(I)cc21.